The van der Waals surface area contributed by atoms with Gasteiger partial charge in [-0.05, 0) is 25.6 Å². The van der Waals surface area contributed by atoms with Crippen LogP contribution in [0.5, 0.6) is 0 Å². The Morgan fingerprint density at radius 1 is 1.45 bits per heavy atom. The van der Waals surface area contributed by atoms with Gasteiger partial charge in [-0.2, -0.15) is 0 Å². The summed E-state index contributed by atoms with van der Waals surface area (Å²) in [6.45, 7) is 6.24. The molecule has 3 heteroatoms. The van der Waals surface area contributed by atoms with Crippen LogP contribution in [0.1, 0.15) is 26.7 Å². The summed E-state index contributed by atoms with van der Waals surface area (Å²) in [7, 11) is 2.00. The van der Waals surface area contributed by atoms with E-state index in [0.29, 0.717) is 0 Å². The standard InChI is InChI=1S/C8H18N2S/c1-4-6-7-9-8(11)10(3)5-2/h4-7H2,1-3H3,(H,9,11). The number of hydrogen-bond acceptors (Lipinski definition) is 1. The molecule has 0 unspecified atom stereocenters. The Kier molecular flexibility index (Phi) is 6.22. The van der Waals surface area contributed by atoms with Crippen molar-refractivity contribution in [1.29, 1.82) is 0 Å². The number of unbranched alkanes of at least 4 members (excludes halogenated alkanes) is 1. The largest absolute Gasteiger partial charge is 0.363 e. The summed E-state index contributed by atoms with van der Waals surface area (Å²) < 4.78 is 0. The van der Waals surface area contributed by atoms with Gasteiger partial charge in [0, 0.05) is 20.1 Å². The van der Waals surface area contributed by atoms with Crippen LogP contribution in [-0.2, 0) is 0 Å². The summed E-state index contributed by atoms with van der Waals surface area (Å²) in [5.74, 6) is 0. The average molecular weight is 174 g/mol. The summed E-state index contributed by atoms with van der Waals surface area (Å²) in [6.07, 6.45) is 2.41. The smallest absolute Gasteiger partial charge is 0.168 e. The lowest BCUT2D eigenvalue weighted by Gasteiger charge is -2.18. The molecule has 0 fully saturated rings. The summed E-state index contributed by atoms with van der Waals surface area (Å²) in [4.78, 5) is 2.03. The van der Waals surface area contributed by atoms with Crippen LogP contribution in [0.2, 0.25) is 0 Å². The molecule has 0 spiro atoms. The van der Waals surface area contributed by atoms with E-state index in [2.05, 4.69) is 19.2 Å². The molecule has 0 aromatic carbocycles. The molecule has 0 aromatic rings. The van der Waals surface area contributed by atoms with Crippen LogP contribution in [0.15, 0.2) is 0 Å². The van der Waals surface area contributed by atoms with E-state index in [1.165, 1.54) is 12.8 Å². The molecule has 0 radical (unpaired) electrons. The third-order valence-corrected chi connectivity index (χ3v) is 2.08. The number of rotatable bonds is 4. The van der Waals surface area contributed by atoms with Crippen molar-refractivity contribution in [3.05, 3.63) is 0 Å². The van der Waals surface area contributed by atoms with E-state index >= 15 is 0 Å². The molecule has 0 aromatic heterocycles. The van der Waals surface area contributed by atoms with Gasteiger partial charge < -0.3 is 10.2 Å². The highest BCUT2D eigenvalue weighted by Gasteiger charge is 1.97. The van der Waals surface area contributed by atoms with E-state index in [0.717, 1.165) is 18.2 Å². The van der Waals surface area contributed by atoms with Crippen LogP contribution in [0.4, 0.5) is 0 Å². The second kappa shape index (κ2) is 6.40. The third-order valence-electron chi connectivity index (χ3n) is 1.63. The minimum absolute atomic E-state index is 0.862. The number of nitrogens with one attached hydrogen (secondary N) is 1. The molecule has 0 amide bonds. The molecule has 0 aliphatic heterocycles. The predicted molar refractivity (Wildman–Crippen MR) is 53.8 cm³/mol. The Morgan fingerprint density at radius 3 is 2.55 bits per heavy atom. The van der Waals surface area contributed by atoms with Crippen molar-refractivity contribution in [2.24, 2.45) is 0 Å². The fraction of sp³-hybridized carbons (Fsp3) is 0.875. The van der Waals surface area contributed by atoms with Crippen molar-refractivity contribution < 1.29 is 0 Å². The zero-order valence-corrected chi connectivity index (χ0v) is 8.50. The summed E-state index contributed by atoms with van der Waals surface area (Å²) in [5, 5.41) is 4.05. The van der Waals surface area contributed by atoms with E-state index in [9.17, 15) is 0 Å². The van der Waals surface area contributed by atoms with Gasteiger partial charge in [-0.1, -0.05) is 13.3 Å². The molecule has 0 aliphatic rings. The van der Waals surface area contributed by atoms with Gasteiger partial charge >= 0.3 is 0 Å². The van der Waals surface area contributed by atoms with Crippen LogP contribution in [0.3, 0.4) is 0 Å². The highest BCUT2D eigenvalue weighted by Crippen LogP contribution is 1.86. The third kappa shape index (κ3) is 5.01. The lowest BCUT2D eigenvalue weighted by atomic mass is 10.3. The molecule has 66 valence electrons. The Labute approximate surface area is 75.0 Å². The van der Waals surface area contributed by atoms with Gasteiger partial charge in [-0.25, -0.2) is 0 Å². The fourth-order valence-corrected chi connectivity index (χ4v) is 0.882. The Bertz CT molecular complexity index is 115. The van der Waals surface area contributed by atoms with Crippen LogP contribution in [0.25, 0.3) is 0 Å². The van der Waals surface area contributed by atoms with Crippen LogP contribution >= 0.6 is 12.2 Å². The van der Waals surface area contributed by atoms with Crippen molar-refractivity contribution in [1.82, 2.24) is 10.2 Å². The second-order valence-corrected chi connectivity index (χ2v) is 2.99. The predicted octanol–water partition coefficient (Wildman–Crippen LogP) is 1.61. The Morgan fingerprint density at radius 2 is 2.09 bits per heavy atom. The first-order valence-electron chi connectivity index (χ1n) is 4.21. The summed E-state index contributed by atoms with van der Waals surface area (Å²) >= 11 is 5.10. The molecule has 1 N–H and O–H groups in total. The van der Waals surface area contributed by atoms with Gasteiger partial charge in [0.25, 0.3) is 0 Å². The highest BCUT2D eigenvalue weighted by atomic mass is 32.1. The van der Waals surface area contributed by atoms with Gasteiger partial charge in [0.15, 0.2) is 5.11 Å². The van der Waals surface area contributed by atoms with Gasteiger partial charge in [0.2, 0.25) is 0 Å². The fourth-order valence-electron chi connectivity index (χ4n) is 0.651. The average Bonchev–Trinajstić information content (AvgIpc) is 2.03. The van der Waals surface area contributed by atoms with E-state index in [4.69, 9.17) is 12.2 Å². The first-order valence-corrected chi connectivity index (χ1v) is 4.62. The highest BCUT2D eigenvalue weighted by molar-refractivity contribution is 7.80. The summed E-state index contributed by atoms with van der Waals surface area (Å²) in [5.41, 5.74) is 0. The monoisotopic (exact) mass is 174 g/mol. The maximum absolute atomic E-state index is 5.10. The van der Waals surface area contributed by atoms with E-state index in [1.54, 1.807) is 0 Å². The molecule has 0 saturated carbocycles. The van der Waals surface area contributed by atoms with E-state index in [-0.39, 0.29) is 0 Å². The SMILES string of the molecule is CCCCNC(=S)N(C)CC. The van der Waals surface area contributed by atoms with Gasteiger partial charge in [-0.3, -0.25) is 0 Å². The molecule has 11 heavy (non-hydrogen) atoms. The lowest BCUT2D eigenvalue weighted by molar-refractivity contribution is 0.519. The summed E-state index contributed by atoms with van der Waals surface area (Å²) in [6, 6.07) is 0. The molecule has 0 atom stereocenters. The molecular weight excluding hydrogens is 156 g/mol. The minimum Gasteiger partial charge on any atom is -0.363 e. The van der Waals surface area contributed by atoms with Gasteiger partial charge in [0.05, 0.1) is 0 Å². The molecule has 0 rings (SSSR count). The molecule has 0 saturated heterocycles. The van der Waals surface area contributed by atoms with E-state index < -0.39 is 0 Å². The molecule has 0 aliphatic carbocycles. The van der Waals surface area contributed by atoms with Crippen LogP contribution in [0, 0.1) is 0 Å². The molecule has 0 heterocycles. The zero-order valence-electron chi connectivity index (χ0n) is 7.68. The first-order chi connectivity index (χ1) is 5.22. The number of nitrogens with zero attached hydrogens (tertiary/aromatic N) is 1. The number of thiocarbonyl (C=S) groups is 1. The maximum Gasteiger partial charge on any atom is 0.168 e. The zero-order chi connectivity index (χ0) is 8.69. The normalized spacial score (nSPS) is 9.36. The Balaban J connectivity index is 3.36. The van der Waals surface area contributed by atoms with Crippen molar-refractivity contribution in [2.75, 3.05) is 20.1 Å². The maximum atomic E-state index is 5.10. The lowest BCUT2D eigenvalue weighted by Crippen LogP contribution is -2.37. The van der Waals surface area contributed by atoms with Gasteiger partial charge in [-0.15, -0.1) is 0 Å². The van der Waals surface area contributed by atoms with Gasteiger partial charge in [0.1, 0.15) is 0 Å². The quantitative estimate of drug-likeness (QED) is 0.515. The molecule has 2 nitrogen and oxygen atoms in total. The minimum atomic E-state index is 0.862. The first kappa shape index (κ1) is 10.7. The number of hydrogen-bond donors (Lipinski definition) is 1. The topological polar surface area (TPSA) is 15.3 Å². The van der Waals surface area contributed by atoms with Crippen LogP contribution in [-0.4, -0.2) is 30.1 Å². The Hall–Kier alpha value is -0.310. The second-order valence-electron chi connectivity index (χ2n) is 2.60. The van der Waals surface area contributed by atoms with Crippen molar-refractivity contribution in [3.63, 3.8) is 0 Å². The molecular formula is C8H18N2S. The van der Waals surface area contributed by atoms with Crippen molar-refractivity contribution in [3.8, 4) is 0 Å². The molecule has 0 bridgehead atoms. The van der Waals surface area contributed by atoms with Crippen molar-refractivity contribution >= 4 is 17.3 Å². The van der Waals surface area contributed by atoms with Crippen molar-refractivity contribution in [2.45, 2.75) is 26.7 Å². The van der Waals surface area contributed by atoms with Crippen LogP contribution < -0.4 is 5.32 Å². The van der Waals surface area contributed by atoms with E-state index in [1.807, 2.05) is 11.9 Å².